The van der Waals surface area contributed by atoms with Crippen LogP contribution in [-0.4, -0.2) is 42.0 Å². The summed E-state index contributed by atoms with van der Waals surface area (Å²) in [5.41, 5.74) is -0.434. The van der Waals surface area contributed by atoms with E-state index in [0.717, 1.165) is 12.3 Å². The fourth-order valence-electron chi connectivity index (χ4n) is 3.05. The molecule has 1 aliphatic heterocycles. The smallest absolute Gasteiger partial charge is 0.355 e. The first kappa shape index (κ1) is 19.1. The molecule has 3 rings (SSSR count). The van der Waals surface area contributed by atoms with Crippen LogP contribution in [0.5, 0.6) is 0 Å². The lowest BCUT2D eigenvalue weighted by atomic mass is 10.1. The van der Waals surface area contributed by atoms with E-state index in [1.807, 2.05) is 4.90 Å². The van der Waals surface area contributed by atoms with Gasteiger partial charge < -0.3 is 9.80 Å². The van der Waals surface area contributed by atoms with Crippen molar-refractivity contribution in [1.29, 1.82) is 0 Å². The Kier molecular flexibility index (Phi) is 5.62. The number of halogens is 4. The quantitative estimate of drug-likeness (QED) is 0.764. The SMILES string of the molecule is O=C(Cc1ccccc1F)N1CCCN(c2ccc(C(F)(F)F)cn2)CC1. The van der Waals surface area contributed by atoms with Gasteiger partial charge in [0, 0.05) is 32.4 Å². The Morgan fingerprint density at radius 1 is 1.04 bits per heavy atom. The Hall–Kier alpha value is -2.64. The maximum absolute atomic E-state index is 13.7. The maximum atomic E-state index is 13.7. The second-order valence-corrected chi connectivity index (χ2v) is 6.39. The minimum absolute atomic E-state index is 0.00873. The maximum Gasteiger partial charge on any atom is 0.417 e. The Labute approximate surface area is 154 Å². The fourth-order valence-corrected chi connectivity index (χ4v) is 3.05. The molecule has 1 aromatic carbocycles. The standard InChI is InChI=1S/C19H19F4N3O/c20-16-5-2-1-4-14(16)12-18(27)26-9-3-8-25(10-11-26)17-7-6-15(13-24-17)19(21,22)23/h1-2,4-7,13H,3,8-12H2. The zero-order valence-corrected chi connectivity index (χ0v) is 14.5. The van der Waals surface area contributed by atoms with E-state index in [0.29, 0.717) is 44.0 Å². The Morgan fingerprint density at radius 3 is 2.48 bits per heavy atom. The van der Waals surface area contributed by atoms with Crippen molar-refractivity contribution in [2.24, 2.45) is 0 Å². The van der Waals surface area contributed by atoms with Gasteiger partial charge in [-0.15, -0.1) is 0 Å². The number of nitrogens with zero attached hydrogens (tertiary/aromatic N) is 3. The molecule has 0 unspecified atom stereocenters. The summed E-state index contributed by atoms with van der Waals surface area (Å²) in [6.45, 7) is 1.98. The van der Waals surface area contributed by atoms with Gasteiger partial charge in [-0.3, -0.25) is 4.79 Å². The molecule has 0 radical (unpaired) electrons. The first-order chi connectivity index (χ1) is 12.8. The molecule has 1 fully saturated rings. The van der Waals surface area contributed by atoms with E-state index >= 15 is 0 Å². The summed E-state index contributed by atoms with van der Waals surface area (Å²) in [6.07, 6.45) is -2.95. The number of hydrogen-bond acceptors (Lipinski definition) is 3. The minimum Gasteiger partial charge on any atom is -0.355 e. The molecule has 1 amide bonds. The van der Waals surface area contributed by atoms with E-state index in [9.17, 15) is 22.4 Å². The molecule has 0 saturated carbocycles. The molecular weight excluding hydrogens is 362 g/mol. The first-order valence-electron chi connectivity index (χ1n) is 8.64. The molecule has 2 aromatic rings. The molecule has 0 aliphatic carbocycles. The van der Waals surface area contributed by atoms with Crippen molar-refractivity contribution >= 4 is 11.7 Å². The third-order valence-electron chi connectivity index (χ3n) is 4.55. The zero-order valence-electron chi connectivity index (χ0n) is 14.5. The van der Waals surface area contributed by atoms with Gasteiger partial charge in [0.2, 0.25) is 5.91 Å². The summed E-state index contributed by atoms with van der Waals surface area (Å²) in [6, 6.07) is 8.52. The lowest BCUT2D eigenvalue weighted by Gasteiger charge is -2.23. The van der Waals surface area contributed by atoms with Gasteiger partial charge in [0.15, 0.2) is 0 Å². The van der Waals surface area contributed by atoms with Crippen LogP contribution in [0.2, 0.25) is 0 Å². The monoisotopic (exact) mass is 381 g/mol. The van der Waals surface area contributed by atoms with Gasteiger partial charge in [-0.25, -0.2) is 9.37 Å². The van der Waals surface area contributed by atoms with Crippen LogP contribution in [0.25, 0.3) is 0 Å². The van der Waals surface area contributed by atoms with E-state index in [1.54, 1.807) is 23.1 Å². The van der Waals surface area contributed by atoms with Gasteiger partial charge >= 0.3 is 6.18 Å². The van der Waals surface area contributed by atoms with Crippen molar-refractivity contribution in [3.63, 3.8) is 0 Å². The number of amides is 1. The molecule has 1 saturated heterocycles. The Morgan fingerprint density at radius 2 is 1.81 bits per heavy atom. The molecule has 2 heterocycles. The first-order valence-corrected chi connectivity index (χ1v) is 8.64. The number of carbonyl (C=O) groups excluding carboxylic acids is 1. The molecule has 144 valence electrons. The third-order valence-corrected chi connectivity index (χ3v) is 4.55. The lowest BCUT2D eigenvalue weighted by molar-refractivity contribution is -0.137. The van der Waals surface area contributed by atoms with Crippen LogP contribution in [0.1, 0.15) is 17.5 Å². The number of alkyl halides is 3. The van der Waals surface area contributed by atoms with E-state index in [2.05, 4.69) is 4.98 Å². The average molecular weight is 381 g/mol. The Bertz CT molecular complexity index is 792. The van der Waals surface area contributed by atoms with Gasteiger partial charge in [0.05, 0.1) is 12.0 Å². The number of anilines is 1. The van der Waals surface area contributed by atoms with Crippen molar-refractivity contribution in [3.05, 3.63) is 59.5 Å². The van der Waals surface area contributed by atoms with Gasteiger partial charge in [0.25, 0.3) is 0 Å². The largest absolute Gasteiger partial charge is 0.417 e. The van der Waals surface area contributed by atoms with Crippen LogP contribution in [0.15, 0.2) is 42.6 Å². The normalized spacial score (nSPS) is 15.6. The lowest BCUT2D eigenvalue weighted by Crippen LogP contribution is -2.36. The van der Waals surface area contributed by atoms with Crippen LogP contribution >= 0.6 is 0 Å². The number of aromatic nitrogens is 1. The van der Waals surface area contributed by atoms with Gasteiger partial charge in [-0.05, 0) is 30.2 Å². The predicted octanol–water partition coefficient (Wildman–Crippen LogP) is 3.52. The predicted molar refractivity (Wildman–Crippen MR) is 92.8 cm³/mol. The van der Waals surface area contributed by atoms with Crippen LogP contribution in [0, 0.1) is 5.82 Å². The molecular formula is C19H19F4N3O. The van der Waals surface area contributed by atoms with Crippen molar-refractivity contribution in [3.8, 4) is 0 Å². The van der Waals surface area contributed by atoms with Crippen LogP contribution in [0.4, 0.5) is 23.4 Å². The Balaban J connectivity index is 1.62. The van der Waals surface area contributed by atoms with Crippen molar-refractivity contribution < 1.29 is 22.4 Å². The van der Waals surface area contributed by atoms with Crippen LogP contribution in [-0.2, 0) is 17.4 Å². The van der Waals surface area contributed by atoms with Crippen LogP contribution < -0.4 is 4.90 Å². The highest BCUT2D eigenvalue weighted by atomic mass is 19.4. The number of benzene rings is 1. The molecule has 8 heteroatoms. The van der Waals surface area contributed by atoms with Crippen molar-refractivity contribution in [1.82, 2.24) is 9.88 Å². The third kappa shape index (κ3) is 4.75. The number of pyridine rings is 1. The highest BCUT2D eigenvalue weighted by Crippen LogP contribution is 2.29. The highest BCUT2D eigenvalue weighted by Gasteiger charge is 2.31. The molecule has 0 spiro atoms. The molecule has 1 aromatic heterocycles. The average Bonchev–Trinajstić information content (AvgIpc) is 2.89. The second-order valence-electron chi connectivity index (χ2n) is 6.39. The van der Waals surface area contributed by atoms with Gasteiger partial charge in [-0.1, -0.05) is 18.2 Å². The van der Waals surface area contributed by atoms with Gasteiger partial charge in [0.1, 0.15) is 11.6 Å². The van der Waals surface area contributed by atoms with Crippen molar-refractivity contribution in [2.45, 2.75) is 19.0 Å². The number of rotatable bonds is 3. The van der Waals surface area contributed by atoms with Gasteiger partial charge in [-0.2, -0.15) is 13.2 Å². The second kappa shape index (κ2) is 7.94. The van der Waals surface area contributed by atoms with E-state index < -0.39 is 17.6 Å². The number of carbonyl (C=O) groups is 1. The van der Waals surface area contributed by atoms with E-state index in [-0.39, 0.29) is 12.3 Å². The summed E-state index contributed by atoms with van der Waals surface area (Å²) in [7, 11) is 0. The molecule has 4 nitrogen and oxygen atoms in total. The summed E-state index contributed by atoms with van der Waals surface area (Å²) in [4.78, 5) is 19.9. The highest BCUT2D eigenvalue weighted by molar-refractivity contribution is 5.79. The molecule has 0 atom stereocenters. The summed E-state index contributed by atoms with van der Waals surface area (Å²) >= 11 is 0. The summed E-state index contributed by atoms with van der Waals surface area (Å²) in [5.74, 6) is -0.120. The van der Waals surface area contributed by atoms with E-state index in [1.165, 1.54) is 12.1 Å². The topological polar surface area (TPSA) is 36.4 Å². The molecule has 0 N–H and O–H groups in total. The van der Waals surface area contributed by atoms with E-state index in [4.69, 9.17) is 0 Å². The van der Waals surface area contributed by atoms with Crippen LogP contribution in [0.3, 0.4) is 0 Å². The summed E-state index contributed by atoms with van der Waals surface area (Å²) in [5, 5.41) is 0. The molecule has 27 heavy (non-hydrogen) atoms. The van der Waals surface area contributed by atoms with Crippen molar-refractivity contribution in [2.75, 3.05) is 31.1 Å². The molecule has 1 aliphatic rings. The zero-order chi connectivity index (χ0) is 19.4. The summed E-state index contributed by atoms with van der Waals surface area (Å²) < 4.78 is 51.7. The fraction of sp³-hybridized carbons (Fsp3) is 0.368. The molecule has 0 bridgehead atoms. The number of hydrogen-bond donors (Lipinski definition) is 0. The minimum atomic E-state index is -4.42.